The third-order valence-corrected chi connectivity index (χ3v) is 14.9. The van der Waals surface area contributed by atoms with E-state index >= 15 is 0 Å². The second kappa shape index (κ2) is 61.6. The van der Waals surface area contributed by atoms with Gasteiger partial charge in [-0.1, -0.05) is 288 Å². The third kappa shape index (κ3) is 57.4. The number of hydrogen-bond donors (Lipinski definition) is 3. The fourth-order valence-electron chi connectivity index (χ4n) is 9.96. The number of carbonyl (C=O) groups excluding carboxylic acids is 2. The van der Waals surface area contributed by atoms with Crippen LogP contribution in [0.2, 0.25) is 0 Å². The van der Waals surface area contributed by atoms with Crippen molar-refractivity contribution >= 4 is 11.9 Å². The van der Waals surface area contributed by atoms with Crippen LogP contribution in [0, 0.1) is 0 Å². The molecule has 0 bridgehead atoms. The minimum atomic E-state index is -0.675. The van der Waals surface area contributed by atoms with Gasteiger partial charge in [-0.2, -0.15) is 0 Å². The zero-order chi connectivity index (χ0) is 52.2. The van der Waals surface area contributed by atoms with E-state index in [1.807, 2.05) is 0 Å². The van der Waals surface area contributed by atoms with Gasteiger partial charge in [-0.05, 0) is 83.5 Å². The molecule has 0 radical (unpaired) electrons. The van der Waals surface area contributed by atoms with E-state index < -0.39 is 12.1 Å². The van der Waals surface area contributed by atoms with Crippen molar-refractivity contribution in [1.82, 2.24) is 5.32 Å². The molecule has 2 atom stereocenters. The third-order valence-electron chi connectivity index (χ3n) is 14.9. The van der Waals surface area contributed by atoms with Crippen LogP contribution in [0.25, 0.3) is 0 Å². The van der Waals surface area contributed by atoms with Gasteiger partial charge in [0.1, 0.15) is 0 Å². The normalized spacial score (nSPS) is 12.8. The van der Waals surface area contributed by atoms with E-state index in [1.165, 1.54) is 244 Å². The van der Waals surface area contributed by atoms with E-state index in [0.717, 1.165) is 70.6 Å². The van der Waals surface area contributed by atoms with Gasteiger partial charge in [-0.15, -0.1) is 0 Å². The highest BCUT2D eigenvalue weighted by atomic mass is 16.5. The Labute approximate surface area is 449 Å². The number of aliphatic hydroxyl groups excluding tert-OH is 2. The summed E-state index contributed by atoms with van der Waals surface area (Å²) in [6, 6.07) is -0.554. The highest BCUT2D eigenvalue weighted by Crippen LogP contribution is 2.18. The number of rotatable bonds is 60. The number of carbonyl (C=O) groups is 2. The zero-order valence-corrected chi connectivity index (χ0v) is 48.4. The van der Waals surface area contributed by atoms with Gasteiger partial charge in [-0.3, -0.25) is 9.59 Å². The maximum absolute atomic E-state index is 12.5. The molecule has 0 aromatic rings. The molecule has 6 nitrogen and oxygen atoms in total. The highest BCUT2D eigenvalue weighted by Gasteiger charge is 2.20. The van der Waals surface area contributed by atoms with Crippen LogP contribution in [0.4, 0.5) is 0 Å². The van der Waals surface area contributed by atoms with Gasteiger partial charge in [0.2, 0.25) is 5.91 Å². The molecule has 1 amide bonds. The monoisotopic (exact) mass is 1010 g/mol. The maximum atomic E-state index is 12.5. The molecule has 0 aliphatic carbocycles. The van der Waals surface area contributed by atoms with E-state index in [9.17, 15) is 19.8 Å². The predicted octanol–water partition coefficient (Wildman–Crippen LogP) is 20.4. The molecule has 3 N–H and O–H groups in total. The maximum Gasteiger partial charge on any atom is 0.305 e. The Morgan fingerprint density at radius 1 is 0.389 bits per heavy atom. The lowest BCUT2D eigenvalue weighted by atomic mass is 10.0. The van der Waals surface area contributed by atoms with Crippen LogP contribution < -0.4 is 5.32 Å². The smallest absolute Gasteiger partial charge is 0.305 e. The summed E-state index contributed by atoms with van der Waals surface area (Å²) in [6.07, 6.45) is 77.3. The molecule has 0 aliphatic rings. The molecule has 0 rings (SSSR count). The molecule has 424 valence electrons. The van der Waals surface area contributed by atoms with Crippen LogP contribution in [0.3, 0.4) is 0 Å². The molecule has 2 unspecified atom stereocenters. The standard InChI is InChI=1S/C66H125NO5/c1-3-5-7-9-11-13-15-17-19-20-21-22-23-24-27-31-34-38-42-46-50-54-58-64(69)63(62-68)67-65(70)59-55-51-47-43-39-35-32-28-25-26-29-33-37-41-45-49-53-57-61-72-66(71)60-56-52-48-44-40-36-30-18-16-14-12-10-8-6-4-2/h12,14,18,28,30,32,63-64,68-69H,3-11,13,15-17,19-27,29,31,33-62H2,1-2H3,(H,67,70)/b14-12-,30-18-,32-28-. The summed E-state index contributed by atoms with van der Waals surface area (Å²) in [5.74, 6) is -0.0572. The van der Waals surface area contributed by atoms with Crippen LogP contribution in [-0.4, -0.2) is 47.4 Å². The molecule has 0 aliphatic heterocycles. The van der Waals surface area contributed by atoms with E-state index in [4.69, 9.17) is 4.74 Å². The summed E-state index contributed by atoms with van der Waals surface area (Å²) >= 11 is 0. The highest BCUT2D eigenvalue weighted by molar-refractivity contribution is 5.76. The lowest BCUT2D eigenvalue weighted by Gasteiger charge is -2.22. The van der Waals surface area contributed by atoms with Crippen molar-refractivity contribution in [3.63, 3.8) is 0 Å². The van der Waals surface area contributed by atoms with Gasteiger partial charge in [-0.25, -0.2) is 0 Å². The number of amides is 1. The molecule has 0 saturated carbocycles. The number of allylic oxidation sites excluding steroid dienone is 6. The molecule has 0 fully saturated rings. The SMILES string of the molecule is CCCCC/C=C\C/C=C\CCCCCCCC(=O)OCCCCCCCCCCC/C=C\CCCCCCCC(=O)NC(CO)C(O)CCCCCCCCCCCCCCCCCCCCCCCC. The fraction of sp³-hybridized carbons (Fsp3) is 0.879. The van der Waals surface area contributed by atoms with Gasteiger partial charge in [0.05, 0.1) is 25.4 Å². The molecule has 72 heavy (non-hydrogen) atoms. The molecular weight excluding hydrogens is 887 g/mol. The molecule has 0 spiro atoms. The van der Waals surface area contributed by atoms with Crippen LogP contribution in [-0.2, 0) is 14.3 Å². The topological polar surface area (TPSA) is 95.9 Å². The zero-order valence-electron chi connectivity index (χ0n) is 48.4. The van der Waals surface area contributed by atoms with Crippen LogP contribution >= 0.6 is 0 Å². The van der Waals surface area contributed by atoms with Crippen molar-refractivity contribution in [2.24, 2.45) is 0 Å². The summed E-state index contributed by atoms with van der Waals surface area (Å²) in [5.41, 5.74) is 0. The van der Waals surface area contributed by atoms with E-state index in [2.05, 4.69) is 55.6 Å². The Hall–Kier alpha value is -1.92. The van der Waals surface area contributed by atoms with Crippen molar-refractivity contribution in [2.45, 2.75) is 360 Å². The molecule has 0 aromatic carbocycles. The minimum absolute atomic E-state index is 0.0106. The van der Waals surface area contributed by atoms with Crippen molar-refractivity contribution in [3.8, 4) is 0 Å². The van der Waals surface area contributed by atoms with Crippen molar-refractivity contribution < 1.29 is 24.5 Å². The van der Waals surface area contributed by atoms with Crippen LogP contribution in [0.15, 0.2) is 36.5 Å². The Bertz CT molecular complexity index is 1170. The summed E-state index contributed by atoms with van der Waals surface area (Å²) in [4.78, 5) is 24.6. The van der Waals surface area contributed by atoms with Gasteiger partial charge in [0.25, 0.3) is 0 Å². The van der Waals surface area contributed by atoms with Crippen molar-refractivity contribution in [1.29, 1.82) is 0 Å². The number of unbranched alkanes of at least 4 members (excludes halogenated alkanes) is 43. The quantitative estimate of drug-likeness (QED) is 0.0320. The summed E-state index contributed by atoms with van der Waals surface area (Å²) in [6.45, 7) is 4.93. The predicted molar refractivity (Wildman–Crippen MR) is 315 cm³/mol. The van der Waals surface area contributed by atoms with Crippen molar-refractivity contribution in [2.75, 3.05) is 13.2 Å². The second-order valence-corrected chi connectivity index (χ2v) is 22.1. The second-order valence-electron chi connectivity index (χ2n) is 22.1. The fourth-order valence-corrected chi connectivity index (χ4v) is 9.96. The van der Waals surface area contributed by atoms with Gasteiger partial charge in [0, 0.05) is 12.8 Å². The summed E-state index contributed by atoms with van der Waals surface area (Å²) in [7, 11) is 0. The van der Waals surface area contributed by atoms with Crippen molar-refractivity contribution in [3.05, 3.63) is 36.5 Å². The Morgan fingerprint density at radius 3 is 1.10 bits per heavy atom. The van der Waals surface area contributed by atoms with Gasteiger partial charge >= 0.3 is 5.97 Å². The van der Waals surface area contributed by atoms with Gasteiger partial charge < -0.3 is 20.3 Å². The average molecular weight is 1010 g/mol. The molecular formula is C66H125NO5. The van der Waals surface area contributed by atoms with Crippen LogP contribution in [0.1, 0.15) is 348 Å². The number of esters is 1. The Balaban J connectivity index is 3.45. The first-order valence-corrected chi connectivity index (χ1v) is 32.2. The first-order valence-electron chi connectivity index (χ1n) is 32.2. The summed E-state index contributed by atoms with van der Waals surface area (Å²) < 4.78 is 5.47. The van der Waals surface area contributed by atoms with E-state index in [1.54, 1.807) is 0 Å². The van der Waals surface area contributed by atoms with Gasteiger partial charge in [0.15, 0.2) is 0 Å². The lowest BCUT2D eigenvalue weighted by Crippen LogP contribution is -2.45. The van der Waals surface area contributed by atoms with Crippen LogP contribution in [0.5, 0.6) is 0 Å². The molecule has 6 heteroatoms. The Morgan fingerprint density at radius 2 is 0.694 bits per heavy atom. The number of nitrogens with one attached hydrogen (secondary N) is 1. The average Bonchev–Trinajstić information content (AvgIpc) is 3.38. The summed E-state index contributed by atoms with van der Waals surface area (Å²) in [5, 5.41) is 23.4. The first-order chi connectivity index (χ1) is 35.5. The lowest BCUT2D eigenvalue weighted by molar-refractivity contribution is -0.143. The Kier molecular flexibility index (Phi) is 60.0. The number of ether oxygens (including phenoxy) is 1. The van der Waals surface area contributed by atoms with E-state index in [0.29, 0.717) is 25.9 Å². The van der Waals surface area contributed by atoms with E-state index in [-0.39, 0.29) is 18.5 Å². The number of aliphatic hydroxyl groups is 2. The molecule has 0 heterocycles. The first kappa shape index (κ1) is 70.1. The molecule has 0 saturated heterocycles. The minimum Gasteiger partial charge on any atom is -0.466 e. The largest absolute Gasteiger partial charge is 0.466 e. The molecule has 0 aromatic heterocycles. The number of hydrogen-bond acceptors (Lipinski definition) is 5.